The molecule has 4 heteroatoms. The van der Waals surface area contributed by atoms with Gasteiger partial charge >= 0.3 is 0 Å². The largest absolute Gasteiger partial charge is 0 e. The summed E-state index contributed by atoms with van der Waals surface area (Å²) in [6.07, 6.45) is 0. The standard InChI is InChI=1S/Al.K.Si.W. The van der Waals surface area contributed by atoms with E-state index >= 15 is 0 Å². The summed E-state index contributed by atoms with van der Waals surface area (Å²) in [5.41, 5.74) is 0. The van der Waals surface area contributed by atoms with Crippen LogP contribution in [0.5, 0.6) is 0 Å². The monoisotopic (exact) mass is 278 g/mol. The van der Waals surface area contributed by atoms with Crippen molar-refractivity contribution in [2.45, 2.75) is 0 Å². The van der Waals surface area contributed by atoms with Crippen molar-refractivity contribution >= 4 is 79.7 Å². The van der Waals surface area contributed by atoms with Crippen molar-refractivity contribution in [3.05, 3.63) is 0 Å². The predicted molar refractivity (Wildman–Crippen MR) is 17.3 cm³/mol. The minimum absolute atomic E-state index is 0. The maximum Gasteiger partial charge on any atom is 0 e. The zero-order valence-corrected chi connectivity index (χ0v) is 10.7. The Kier molecular flexibility index (Phi) is 114. The first-order valence-electron chi connectivity index (χ1n) is 0. The molecule has 0 aromatic carbocycles. The van der Waals surface area contributed by atoms with Gasteiger partial charge in [0.25, 0.3) is 0 Å². The third-order valence-corrected chi connectivity index (χ3v) is 0. The minimum atomic E-state index is 0. The topological polar surface area (TPSA) is 0 Å². The summed E-state index contributed by atoms with van der Waals surface area (Å²) in [5, 5.41) is 0. The average molecular weight is 278 g/mol. The summed E-state index contributed by atoms with van der Waals surface area (Å²) >= 11 is 0. The Hall–Kier alpha value is 3.07. The Labute approximate surface area is 98.3 Å². The SMILES string of the molecule is [Al].[K].[Si].[W]. The van der Waals surface area contributed by atoms with Crippen molar-refractivity contribution in [2.24, 2.45) is 0 Å². The molecule has 0 saturated heterocycles. The van der Waals surface area contributed by atoms with Crippen molar-refractivity contribution in [1.82, 2.24) is 0 Å². The summed E-state index contributed by atoms with van der Waals surface area (Å²) in [7, 11) is 0. The Balaban J connectivity index is 0. The van der Waals surface area contributed by atoms with E-state index in [1.807, 2.05) is 0 Å². The summed E-state index contributed by atoms with van der Waals surface area (Å²) in [6.45, 7) is 0. The van der Waals surface area contributed by atoms with Crippen LogP contribution < -0.4 is 0 Å². The molecule has 0 aliphatic heterocycles. The second kappa shape index (κ2) is 16.5. The van der Waals surface area contributed by atoms with E-state index in [1.54, 1.807) is 0 Å². The molecule has 0 aromatic rings. The van der Waals surface area contributed by atoms with Gasteiger partial charge in [0.2, 0.25) is 0 Å². The maximum absolute atomic E-state index is 0. The van der Waals surface area contributed by atoms with E-state index < -0.39 is 0 Å². The van der Waals surface area contributed by atoms with Gasteiger partial charge in [0.15, 0.2) is 0 Å². The van der Waals surface area contributed by atoms with Gasteiger partial charge < -0.3 is 0 Å². The van der Waals surface area contributed by atoms with Crippen LogP contribution in [0.1, 0.15) is 0 Å². The molecule has 0 nitrogen and oxygen atoms in total. The van der Waals surface area contributed by atoms with Crippen LogP contribution in [-0.4, -0.2) is 79.7 Å². The van der Waals surface area contributed by atoms with Crippen LogP contribution in [0.15, 0.2) is 0 Å². The summed E-state index contributed by atoms with van der Waals surface area (Å²) < 4.78 is 0. The number of hydrogen-bond acceptors (Lipinski definition) is 0. The van der Waals surface area contributed by atoms with Crippen molar-refractivity contribution < 1.29 is 21.1 Å². The third kappa shape index (κ3) is 8.91. The molecule has 0 rings (SSSR count). The van der Waals surface area contributed by atoms with Crippen molar-refractivity contribution in [3.63, 3.8) is 0 Å². The van der Waals surface area contributed by atoms with E-state index in [0.29, 0.717) is 0 Å². The fourth-order valence-corrected chi connectivity index (χ4v) is 0. The molecule has 14 valence electrons. The molecule has 0 unspecified atom stereocenters. The van der Waals surface area contributed by atoms with E-state index in [4.69, 9.17) is 0 Å². The van der Waals surface area contributed by atoms with Crippen LogP contribution in [0.3, 0.4) is 0 Å². The van der Waals surface area contributed by atoms with Gasteiger partial charge in [-0.25, -0.2) is 0 Å². The molecule has 0 fully saturated rings. The zero-order chi connectivity index (χ0) is 0. The van der Waals surface area contributed by atoms with Gasteiger partial charge in [0.1, 0.15) is 0 Å². The average Bonchev–Trinajstić information content (AvgIpc) is 0. The molecular formula is AlKSiW. The molecule has 0 aromatic heterocycles. The zero-order valence-electron chi connectivity index (χ0n) is 2.49. The third-order valence-electron chi connectivity index (χ3n) is 0. The minimum Gasteiger partial charge on any atom is 0 e. The molecule has 0 spiro atoms. The first kappa shape index (κ1) is 27.6. The molecule has 0 N–H and O–H groups in total. The van der Waals surface area contributed by atoms with E-state index in [-0.39, 0.29) is 101 Å². The normalized spacial score (nSPS) is 0. The smallest absolute Gasteiger partial charge is 0 e. The van der Waals surface area contributed by atoms with Gasteiger partial charge in [-0.1, -0.05) is 0 Å². The summed E-state index contributed by atoms with van der Waals surface area (Å²) in [4.78, 5) is 0. The molecule has 0 heterocycles. The van der Waals surface area contributed by atoms with Gasteiger partial charge in [-0.3, -0.25) is 0 Å². The van der Waals surface area contributed by atoms with Gasteiger partial charge in [0, 0.05) is 101 Å². The fraction of sp³-hybridized carbons (Fsp3) is 0. The molecule has 0 aliphatic carbocycles. The molecule has 0 bridgehead atoms. The number of rotatable bonds is 0. The quantitative estimate of drug-likeness (QED) is 0.491. The molecule has 8 radical (unpaired) electrons. The first-order chi connectivity index (χ1) is 0. The van der Waals surface area contributed by atoms with E-state index in [0.717, 1.165) is 0 Å². The van der Waals surface area contributed by atoms with Gasteiger partial charge in [-0.2, -0.15) is 0 Å². The molecule has 0 aliphatic rings. The second-order valence-corrected chi connectivity index (χ2v) is 0. The van der Waals surface area contributed by atoms with Gasteiger partial charge in [0.05, 0.1) is 0 Å². The fourth-order valence-electron chi connectivity index (χ4n) is 0. The van der Waals surface area contributed by atoms with Crippen molar-refractivity contribution in [1.29, 1.82) is 0 Å². The molecular weight excluding hydrogens is 278 g/mol. The maximum atomic E-state index is 0. The predicted octanol–water partition coefficient (Wildman–Crippen LogP) is -1.14. The molecule has 4 heavy (non-hydrogen) atoms. The van der Waals surface area contributed by atoms with Gasteiger partial charge in [-0.15, -0.1) is 0 Å². The van der Waals surface area contributed by atoms with Crippen molar-refractivity contribution in [2.75, 3.05) is 0 Å². The molecule has 0 saturated carbocycles. The van der Waals surface area contributed by atoms with Crippen LogP contribution in [-0.2, 0) is 21.1 Å². The number of hydrogen-bond donors (Lipinski definition) is 0. The van der Waals surface area contributed by atoms with Crippen LogP contribution >= 0.6 is 0 Å². The Morgan fingerprint density at radius 3 is 1.00 bits per heavy atom. The first-order valence-corrected chi connectivity index (χ1v) is 0. The van der Waals surface area contributed by atoms with E-state index in [9.17, 15) is 0 Å². The Bertz CT molecular complexity index is 8.00. The van der Waals surface area contributed by atoms with Crippen LogP contribution in [0.25, 0.3) is 0 Å². The van der Waals surface area contributed by atoms with Gasteiger partial charge in [-0.05, 0) is 0 Å². The molecule has 0 amide bonds. The van der Waals surface area contributed by atoms with E-state index in [2.05, 4.69) is 0 Å². The van der Waals surface area contributed by atoms with Crippen LogP contribution in [0, 0.1) is 0 Å². The van der Waals surface area contributed by atoms with Crippen molar-refractivity contribution in [3.8, 4) is 0 Å². The Morgan fingerprint density at radius 1 is 1.00 bits per heavy atom. The Morgan fingerprint density at radius 2 is 1.00 bits per heavy atom. The van der Waals surface area contributed by atoms with E-state index in [1.165, 1.54) is 0 Å². The van der Waals surface area contributed by atoms with Crippen LogP contribution in [0.2, 0.25) is 0 Å². The second-order valence-electron chi connectivity index (χ2n) is 0. The summed E-state index contributed by atoms with van der Waals surface area (Å²) in [5.74, 6) is 0. The molecule has 0 atom stereocenters. The van der Waals surface area contributed by atoms with Crippen LogP contribution in [0.4, 0.5) is 0 Å². The summed E-state index contributed by atoms with van der Waals surface area (Å²) in [6, 6.07) is 0.